The molecule has 1 N–H and O–H groups in total. The molecule has 3 rings (SSSR count). The predicted octanol–water partition coefficient (Wildman–Crippen LogP) is 4.51. The Balaban J connectivity index is 1.57. The van der Waals surface area contributed by atoms with Gasteiger partial charge in [0.2, 0.25) is 5.91 Å². The van der Waals surface area contributed by atoms with E-state index in [1.807, 2.05) is 41.8 Å². The molecule has 0 aliphatic rings. The Hall–Kier alpha value is -2.50. The Morgan fingerprint density at radius 3 is 2.39 bits per heavy atom. The van der Waals surface area contributed by atoms with E-state index in [1.54, 1.807) is 11.3 Å². The van der Waals surface area contributed by atoms with Gasteiger partial charge in [-0.2, -0.15) is 0 Å². The molecule has 0 aliphatic heterocycles. The molecule has 2 aromatic carbocycles. The number of thiazole rings is 1. The van der Waals surface area contributed by atoms with Gasteiger partial charge in [-0.05, 0) is 24.2 Å². The van der Waals surface area contributed by atoms with E-state index in [4.69, 9.17) is 0 Å². The largest absolute Gasteiger partial charge is 0.352 e. The molecule has 1 aromatic heterocycles. The summed E-state index contributed by atoms with van der Waals surface area (Å²) in [6, 6.07) is 18.4. The van der Waals surface area contributed by atoms with Gasteiger partial charge in [-0.15, -0.1) is 11.3 Å². The number of amides is 1. The fraction of sp³-hybridized carbons (Fsp3) is 0.304. The average Bonchev–Trinajstić information content (AvgIpc) is 3.20. The van der Waals surface area contributed by atoms with Crippen LogP contribution in [0.25, 0.3) is 10.6 Å². The summed E-state index contributed by atoms with van der Waals surface area (Å²) < 4.78 is 0. The highest BCUT2D eigenvalue weighted by Gasteiger charge is 2.11. The SMILES string of the molecule is CCN(CC)Cc1ccccc1CNC(=O)Cc1csc(-c2ccccc2)n1. The summed E-state index contributed by atoms with van der Waals surface area (Å²) >= 11 is 1.58. The summed E-state index contributed by atoms with van der Waals surface area (Å²) in [4.78, 5) is 19.4. The van der Waals surface area contributed by atoms with Crippen molar-refractivity contribution < 1.29 is 4.79 Å². The van der Waals surface area contributed by atoms with Crippen LogP contribution in [0.4, 0.5) is 0 Å². The van der Waals surface area contributed by atoms with Gasteiger partial charge in [0, 0.05) is 24.0 Å². The van der Waals surface area contributed by atoms with E-state index in [0.717, 1.165) is 35.9 Å². The first-order valence-corrected chi connectivity index (χ1v) is 10.6. The zero-order valence-corrected chi connectivity index (χ0v) is 17.3. The van der Waals surface area contributed by atoms with Crippen molar-refractivity contribution in [2.45, 2.75) is 33.4 Å². The van der Waals surface area contributed by atoms with E-state index < -0.39 is 0 Å². The summed E-state index contributed by atoms with van der Waals surface area (Å²) in [5, 5.41) is 5.97. The number of benzene rings is 2. The van der Waals surface area contributed by atoms with Crippen LogP contribution in [-0.4, -0.2) is 28.9 Å². The number of carbonyl (C=O) groups excluding carboxylic acids is 1. The van der Waals surface area contributed by atoms with Crippen molar-refractivity contribution in [3.63, 3.8) is 0 Å². The van der Waals surface area contributed by atoms with Gasteiger partial charge in [0.1, 0.15) is 5.01 Å². The minimum atomic E-state index is 0.00236. The van der Waals surface area contributed by atoms with Gasteiger partial charge < -0.3 is 5.32 Å². The third-order valence-electron chi connectivity index (χ3n) is 4.80. The molecule has 0 saturated carbocycles. The first-order chi connectivity index (χ1) is 13.7. The second kappa shape index (κ2) is 10.2. The molecular weight excluding hydrogens is 366 g/mol. The summed E-state index contributed by atoms with van der Waals surface area (Å²) in [6.07, 6.45) is 0.307. The van der Waals surface area contributed by atoms with Crippen LogP contribution >= 0.6 is 11.3 Å². The smallest absolute Gasteiger partial charge is 0.226 e. The van der Waals surface area contributed by atoms with Crippen molar-refractivity contribution >= 4 is 17.2 Å². The van der Waals surface area contributed by atoms with Crippen LogP contribution in [0.5, 0.6) is 0 Å². The molecule has 1 heterocycles. The average molecular weight is 394 g/mol. The maximum Gasteiger partial charge on any atom is 0.226 e. The molecule has 0 unspecified atom stereocenters. The lowest BCUT2D eigenvalue weighted by atomic mass is 10.1. The molecule has 3 aromatic rings. The number of nitrogens with zero attached hydrogens (tertiary/aromatic N) is 2. The lowest BCUT2D eigenvalue weighted by Gasteiger charge is -2.20. The normalized spacial score (nSPS) is 11.0. The second-order valence-electron chi connectivity index (χ2n) is 6.69. The molecule has 0 saturated heterocycles. The van der Waals surface area contributed by atoms with Crippen LogP contribution in [0.15, 0.2) is 60.0 Å². The highest BCUT2D eigenvalue weighted by molar-refractivity contribution is 7.13. The predicted molar refractivity (Wildman–Crippen MR) is 116 cm³/mol. The molecule has 0 atom stereocenters. The number of hydrogen-bond donors (Lipinski definition) is 1. The first-order valence-electron chi connectivity index (χ1n) is 9.75. The van der Waals surface area contributed by atoms with Crippen molar-refractivity contribution in [2.75, 3.05) is 13.1 Å². The van der Waals surface area contributed by atoms with Crippen LogP contribution in [-0.2, 0) is 24.3 Å². The van der Waals surface area contributed by atoms with Crippen LogP contribution in [0.2, 0.25) is 0 Å². The molecule has 0 bridgehead atoms. The zero-order chi connectivity index (χ0) is 19.8. The van der Waals surface area contributed by atoms with Gasteiger partial charge in [-0.3, -0.25) is 9.69 Å². The van der Waals surface area contributed by atoms with Gasteiger partial charge in [0.15, 0.2) is 0 Å². The Morgan fingerprint density at radius 2 is 1.68 bits per heavy atom. The zero-order valence-electron chi connectivity index (χ0n) is 16.5. The monoisotopic (exact) mass is 393 g/mol. The van der Waals surface area contributed by atoms with Gasteiger partial charge >= 0.3 is 0 Å². The first kappa shape index (κ1) is 20.2. The molecule has 0 spiro atoms. The summed E-state index contributed by atoms with van der Waals surface area (Å²) in [7, 11) is 0. The second-order valence-corrected chi connectivity index (χ2v) is 7.55. The van der Waals surface area contributed by atoms with Crippen LogP contribution in [0, 0.1) is 0 Å². The van der Waals surface area contributed by atoms with E-state index in [1.165, 1.54) is 11.1 Å². The molecular formula is C23H27N3OS. The Labute approximate surface area is 171 Å². The van der Waals surface area contributed by atoms with E-state index in [-0.39, 0.29) is 5.91 Å². The van der Waals surface area contributed by atoms with E-state index in [2.05, 4.69) is 47.2 Å². The molecule has 0 aliphatic carbocycles. The lowest BCUT2D eigenvalue weighted by molar-refractivity contribution is -0.120. The third kappa shape index (κ3) is 5.50. The molecule has 146 valence electrons. The topological polar surface area (TPSA) is 45.2 Å². The van der Waals surface area contributed by atoms with Gasteiger partial charge in [0.25, 0.3) is 0 Å². The van der Waals surface area contributed by atoms with E-state index >= 15 is 0 Å². The van der Waals surface area contributed by atoms with Crippen molar-refractivity contribution in [3.8, 4) is 10.6 Å². The Bertz CT molecular complexity index is 888. The van der Waals surface area contributed by atoms with Gasteiger partial charge in [-0.25, -0.2) is 4.98 Å². The number of rotatable bonds is 9. The fourth-order valence-electron chi connectivity index (χ4n) is 3.09. The van der Waals surface area contributed by atoms with Crippen molar-refractivity contribution in [1.29, 1.82) is 0 Å². The van der Waals surface area contributed by atoms with Crippen molar-refractivity contribution in [2.24, 2.45) is 0 Å². The third-order valence-corrected chi connectivity index (χ3v) is 5.74. The van der Waals surface area contributed by atoms with Crippen molar-refractivity contribution in [3.05, 3.63) is 76.8 Å². The number of carbonyl (C=O) groups is 1. The van der Waals surface area contributed by atoms with Gasteiger partial charge in [-0.1, -0.05) is 68.4 Å². The lowest BCUT2D eigenvalue weighted by Crippen LogP contribution is -2.27. The molecule has 0 radical (unpaired) electrons. The summed E-state index contributed by atoms with van der Waals surface area (Å²) in [5.74, 6) is 0.00236. The maximum absolute atomic E-state index is 12.4. The molecule has 4 nitrogen and oxygen atoms in total. The van der Waals surface area contributed by atoms with Crippen LogP contribution in [0.3, 0.4) is 0 Å². The van der Waals surface area contributed by atoms with Crippen LogP contribution < -0.4 is 5.32 Å². The minimum Gasteiger partial charge on any atom is -0.352 e. The van der Waals surface area contributed by atoms with Gasteiger partial charge in [0.05, 0.1) is 12.1 Å². The minimum absolute atomic E-state index is 0.00236. The van der Waals surface area contributed by atoms with Crippen LogP contribution in [0.1, 0.15) is 30.7 Å². The molecule has 28 heavy (non-hydrogen) atoms. The maximum atomic E-state index is 12.4. The summed E-state index contributed by atoms with van der Waals surface area (Å²) in [6.45, 7) is 7.84. The number of nitrogens with one attached hydrogen (secondary N) is 1. The number of aromatic nitrogens is 1. The molecule has 0 fully saturated rings. The fourth-order valence-corrected chi connectivity index (χ4v) is 3.92. The molecule has 1 amide bonds. The molecule has 5 heteroatoms. The van der Waals surface area contributed by atoms with E-state index in [9.17, 15) is 4.79 Å². The summed E-state index contributed by atoms with van der Waals surface area (Å²) in [5.41, 5.74) is 4.35. The Kier molecular flexibility index (Phi) is 7.34. The number of hydrogen-bond acceptors (Lipinski definition) is 4. The highest BCUT2D eigenvalue weighted by Crippen LogP contribution is 2.23. The van der Waals surface area contributed by atoms with Crippen molar-refractivity contribution in [1.82, 2.24) is 15.2 Å². The quantitative estimate of drug-likeness (QED) is 0.582. The standard InChI is InChI=1S/C23H27N3OS/c1-3-26(4-2)16-20-13-9-8-12-19(20)15-24-22(27)14-21-17-28-23(25-21)18-10-6-5-7-11-18/h5-13,17H,3-4,14-16H2,1-2H3,(H,24,27). The van der Waals surface area contributed by atoms with E-state index in [0.29, 0.717) is 13.0 Å². The Morgan fingerprint density at radius 1 is 1.00 bits per heavy atom. The highest BCUT2D eigenvalue weighted by atomic mass is 32.1.